The van der Waals surface area contributed by atoms with Crippen molar-refractivity contribution in [2.75, 3.05) is 13.2 Å². The van der Waals surface area contributed by atoms with Crippen LogP contribution in [-0.4, -0.2) is 25.3 Å². The Kier molecular flexibility index (Phi) is 17.5. The molecule has 0 N–H and O–H groups in total. The molecular weight excluding hydrogens is 348 g/mol. The Morgan fingerprint density at radius 2 is 1.25 bits per heavy atom. The van der Waals surface area contributed by atoms with Crippen LogP contribution in [0.3, 0.4) is 0 Å². The normalized spacial score (nSPS) is 16.0. The first-order valence-corrected chi connectivity index (χ1v) is 12.2. The van der Waals surface area contributed by atoms with Crippen molar-refractivity contribution in [3.63, 3.8) is 0 Å². The standard InChI is InChI=1S/C25H46O3/c1-2-3-4-5-6-7-8-9-10-11-12-13-14-15-16-17-18-19-20-21-25(26)28-23-24-22-27-24/h9-10,24H,2-8,11-23H2,1H3/b10-9-. The lowest BCUT2D eigenvalue weighted by Gasteiger charge is -2.03. The van der Waals surface area contributed by atoms with Crippen LogP contribution in [0.1, 0.15) is 122 Å². The van der Waals surface area contributed by atoms with Gasteiger partial charge in [0.05, 0.1) is 6.61 Å². The number of esters is 1. The van der Waals surface area contributed by atoms with Crippen LogP contribution in [0.15, 0.2) is 12.2 Å². The molecule has 0 aliphatic carbocycles. The Balaban J connectivity index is 1.68. The molecule has 0 amide bonds. The molecule has 1 atom stereocenters. The molecule has 0 aromatic carbocycles. The van der Waals surface area contributed by atoms with Crippen molar-refractivity contribution in [2.24, 2.45) is 0 Å². The summed E-state index contributed by atoms with van der Waals surface area (Å²) >= 11 is 0. The van der Waals surface area contributed by atoms with Gasteiger partial charge in [-0.05, 0) is 32.1 Å². The molecule has 3 nitrogen and oxygen atoms in total. The van der Waals surface area contributed by atoms with Gasteiger partial charge in [0.15, 0.2) is 0 Å². The van der Waals surface area contributed by atoms with E-state index < -0.39 is 0 Å². The summed E-state index contributed by atoms with van der Waals surface area (Å²) < 4.78 is 10.2. The molecule has 0 radical (unpaired) electrons. The van der Waals surface area contributed by atoms with Crippen LogP contribution in [0.2, 0.25) is 0 Å². The fraction of sp³-hybridized carbons (Fsp3) is 0.880. The van der Waals surface area contributed by atoms with Gasteiger partial charge in [0.1, 0.15) is 12.7 Å². The number of unbranched alkanes of at least 4 members (excludes halogenated alkanes) is 15. The molecule has 28 heavy (non-hydrogen) atoms. The summed E-state index contributed by atoms with van der Waals surface area (Å²) in [5, 5.41) is 0. The maximum absolute atomic E-state index is 11.5. The van der Waals surface area contributed by atoms with Crippen molar-refractivity contribution in [2.45, 2.75) is 129 Å². The van der Waals surface area contributed by atoms with E-state index >= 15 is 0 Å². The van der Waals surface area contributed by atoms with E-state index in [1.54, 1.807) is 0 Å². The maximum Gasteiger partial charge on any atom is 0.305 e. The first-order chi connectivity index (χ1) is 13.8. The topological polar surface area (TPSA) is 38.8 Å². The summed E-state index contributed by atoms with van der Waals surface area (Å²) in [6.07, 6.45) is 27.9. The largest absolute Gasteiger partial charge is 0.463 e. The van der Waals surface area contributed by atoms with Gasteiger partial charge >= 0.3 is 5.97 Å². The van der Waals surface area contributed by atoms with Crippen molar-refractivity contribution < 1.29 is 14.3 Å². The second-order valence-electron chi connectivity index (χ2n) is 8.39. The van der Waals surface area contributed by atoms with Gasteiger partial charge in [-0.15, -0.1) is 0 Å². The van der Waals surface area contributed by atoms with Gasteiger partial charge in [0.2, 0.25) is 0 Å². The molecule has 0 bridgehead atoms. The summed E-state index contributed by atoms with van der Waals surface area (Å²) in [7, 11) is 0. The second-order valence-corrected chi connectivity index (χ2v) is 8.39. The molecule has 1 fully saturated rings. The molecule has 0 saturated carbocycles. The van der Waals surface area contributed by atoms with E-state index in [-0.39, 0.29) is 12.1 Å². The summed E-state index contributed by atoms with van der Waals surface area (Å²) in [5.41, 5.74) is 0. The molecule has 3 heteroatoms. The monoisotopic (exact) mass is 394 g/mol. The molecular formula is C25H46O3. The molecule has 0 aromatic rings. The molecule has 1 aliphatic rings. The first-order valence-electron chi connectivity index (χ1n) is 12.2. The lowest BCUT2D eigenvalue weighted by atomic mass is 10.1. The summed E-state index contributed by atoms with van der Waals surface area (Å²) in [6.45, 7) is 3.48. The Labute approximate surface area is 174 Å². The Bertz CT molecular complexity index is 374. The second kappa shape index (κ2) is 19.5. The third kappa shape index (κ3) is 18.5. The van der Waals surface area contributed by atoms with Gasteiger partial charge in [-0.2, -0.15) is 0 Å². The zero-order valence-corrected chi connectivity index (χ0v) is 18.6. The highest BCUT2D eigenvalue weighted by Crippen LogP contribution is 2.13. The molecule has 1 saturated heterocycles. The van der Waals surface area contributed by atoms with Crippen molar-refractivity contribution in [1.82, 2.24) is 0 Å². The minimum absolute atomic E-state index is 0.0588. The third-order valence-corrected chi connectivity index (χ3v) is 5.48. The maximum atomic E-state index is 11.5. The van der Waals surface area contributed by atoms with Gasteiger partial charge in [-0.3, -0.25) is 4.79 Å². The molecule has 1 rings (SSSR count). The molecule has 0 spiro atoms. The van der Waals surface area contributed by atoms with E-state index in [2.05, 4.69) is 19.1 Å². The number of epoxide rings is 1. The lowest BCUT2D eigenvalue weighted by molar-refractivity contribution is -0.144. The third-order valence-electron chi connectivity index (χ3n) is 5.48. The number of carbonyl (C=O) groups is 1. The van der Waals surface area contributed by atoms with Gasteiger partial charge < -0.3 is 9.47 Å². The SMILES string of the molecule is CCCCCCCC/C=C\CCCCCCCCCCCC(=O)OCC1CO1. The Hall–Kier alpha value is -0.830. The van der Waals surface area contributed by atoms with Gasteiger partial charge in [-0.25, -0.2) is 0 Å². The lowest BCUT2D eigenvalue weighted by Crippen LogP contribution is -2.09. The number of hydrogen-bond donors (Lipinski definition) is 0. The average Bonchev–Trinajstić information content (AvgIpc) is 3.52. The van der Waals surface area contributed by atoms with Gasteiger partial charge in [0.25, 0.3) is 0 Å². The zero-order valence-electron chi connectivity index (χ0n) is 18.6. The highest BCUT2D eigenvalue weighted by Gasteiger charge is 2.23. The number of rotatable bonds is 21. The van der Waals surface area contributed by atoms with E-state index in [9.17, 15) is 4.79 Å². The van der Waals surface area contributed by atoms with Crippen molar-refractivity contribution in [3.05, 3.63) is 12.2 Å². The number of carbonyl (C=O) groups excluding carboxylic acids is 1. The fourth-order valence-electron chi connectivity index (χ4n) is 3.47. The number of allylic oxidation sites excluding steroid dienone is 2. The van der Waals surface area contributed by atoms with Crippen LogP contribution in [-0.2, 0) is 14.3 Å². The molecule has 1 heterocycles. The highest BCUT2D eigenvalue weighted by atomic mass is 16.6. The van der Waals surface area contributed by atoms with Crippen LogP contribution in [0, 0.1) is 0 Å². The van der Waals surface area contributed by atoms with Gasteiger partial charge in [-0.1, -0.05) is 96.1 Å². The van der Waals surface area contributed by atoms with Crippen molar-refractivity contribution >= 4 is 5.97 Å². The zero-order chi connectivity index (χ0) is 20.1. The van der Waals surface area contributed by atoms with E-state index in [1.165, 1.54) is 96.3 Å². The van der Waals surface area contributed by atoms with E-state index in [4.69, 9.17) is 9.47 Å². The molecule has 1 unspecified atom stereocenters. The van der Waals surface area contributed by atoms with Crippen LogP contribution < -0.4 is 0 Å². The summed E-state index contributed by atoms with van der Waals surface area (Å²) in [5.74, 6) is -0.0588. The van der Waals surface area contributed by atoms with Crippen molar-refractivity contribution in [3.8, 4) is 0 Å². The smallest absolute Gasteiger partial charge is 0.305 e. The van der Waals surface area contributed by atoms with Crippen LogP contribution in [0.25, 0.3) is 0 Å². The predicted molar refractivity (Wildman–Crippen MR) is 119 cm³/mol. The van der Waals surface area contributed by atoms with Crippen LogP contribution in [0.5, 0.6) is 0 Å². The molecule has 164 valence electrons. The predicted octanol–water partition coefficient (Wildman–Crippen LogP) is 7.53. The average molecular weight is 395 g/mol. The number of ether oxygens (including phenoxy) is 2. The quantitative estimate of drug-likeness (QED) is 0.0874. The van der Waals surface area contributed by atoms with E-state index in [0.717, 1.165) is 19.4 Å². The Morgan fingerprint density at radius 1 is 0.786 bits per heavy atom. The van der Waals surface area contributed by atoms with Gasteiger partial charge in [0, 0.05) is 6.42 Å². The van der Waals surface area contributed by atoms with E-state index in [1.807, 2.05) is 0 Å². The van der Waals surface area contributed by atoms with E-state index in [0.29, 0.717) is 13.0 Å². The highest BCUT2D eigenvalue weighted by molar-refractivity contribution is 5.69. The fourth-order valence-corrected chi connectivity index (χ4v) is 3.47. The summed E-state index contributed by atoms with van der Waals surface area (Å²) in [4.78, 5) is 11.5. The van der Waals surface area contributed by atoms with Crippen LogP contribution >= 0.6 is 0 Å². The minimum atomic E-state index is -0.0588. The van der Waals surface area contributed by atoms with Crippen molar-refractivity contribution in [1.29, 1.82) is 0 Å². The molecule has 0 aromatic heterocycles. The molecule has 1 aliphatic heterocycles. The summed E-state index contributed by atoms with van der Waals surface area (Å²) in [6, 6.07) is 0. The number of hydrogen-bond acceptors (Lipinski definition) is 3. The Morgan fingerprint density at radius 3 is 1.75 bits per heavy atom. The van der Waals surface area contributed by atoms with Crippen LogP contribution in [0.4, 0.5) is 0 Å². The first kappa shape index (κ1) is 25.2. The minimum Gasteiger partial charge on any atom is -0.463 e.